The Kier molecular flexibility index (Phi) is 5.37. The molecule has 4 aliphatic rings. The zero-order chi connectivity index (χ0) is 20.8. The van der Waals surface area contributed by atoms with Crippen LogP contribution in [0.2, 0.25) is 0 Å². The number of ketones is 1. The molecule has 0 N–H and O–H groups in total. The van der Waals surface area contributed by atoms with Gasteiger partial charge in [0, 0.05) is 32.1 Å². The fourth-order valence-electron chi connectivity index (χ4n) is 7.47. The van der Waals surface area contributed by atoms with Crippen LogP contribution < -0.4 is 0 Å². The van der Waals surface area contributed by atoms with Crippen LogP contribution in [0, 0.1) is 28.6 Å². The SMILES string of the molecule is CC(=O)OCC[C@]12CCC3C(CC=C4CC(=O)CC[C@@]43C)C1CC[C@@H]2OC(C)=O. The average molecular weight is 403 g/mol. The van der Waals surface area contributed by atoms with Crippen molar-refractivity contribution in [2.75, 3.05) is 6.61 Å². The number of fused-ring (bicyclic) bond motifs is 5. The Labute approximate surface area is 173 Å². The topological polar surface area (TPSA) is 69.7 Å². The van der Waals surface area contributed by atoms with Crippen molar-refractivity contribution in [3.63, 3.8) is 0 Å². The maximum Gasteiger partial charge on any atom is 0.302 e. The molecule has 6 atom stereocenters. The van der Waals surface area contributed by atoms with Gasteiger partial charge in [-0.3, -0.25) is 14.4 Å². The Hall–Kier alpha value is -1.65. The second-order valence-corrected chi connectivity index (χ2v) is 10.0. The minimum absolute atomic E-state index is 0.0763. The van der Waals surface area contributed by atoms with Gasteiger partial charge in [-0.15, -0.1) is 0 Å². The van der Waals surface area contributed by atoms with Gasteiger partial charge in [-0.2, -0.15) is 0 Å². The van der Waals surface area contributed by atoms with Gasteiger partial charge in [0.15, 0.2) is 0 Å². The van der Waals surface area contributed by atoms with E-state index in [-0.39, 0.29) is 28.9 Å². The second kappa shape index (κ2) is 7.55. The molecule has 0 heterocycles. The van der Waals surface area contributed by atoms with Gasteiger partial charge in [-0.05, 0) is 68.1 Å². The van der Waals surface area contributed by atoms with Gasteiger partial charge in [0.1, 0.15) is 11.9 Å². The third-order valence-corrected chi connectivity index (χ3v) is 8.75. The molecule has 3 unspecified atom stereocenters. The summed E-state index contributed by atoms with van der Waals surface area (Å²) in [6.45, 7) is 5.72. The monoisotopic (exact) mass is 402 g/mol. The second-order valence-electron chi connectivity index (χ2n) is 10.0. The number of ether oxygens (including phenoxy) is 2. The Bertz CT molecular complexity index is 740. The van der Waals surface area contributed by atoms with Gasteiger partial charge in [0.25, 0.3) is 0 Å². The minimum Gasteiger partial charge on any atom is -0.466 e. The average Bonchev–Trinajstić information content (AvgIpc) is 3.00. The van der Waals surface area contributed by atoms with E-state index in [0.29, 0.717) is 43.0 Å². The number of hydrogen-bond donors (Lipinski definition) is 0. The highest BCUT2D eigenvalue weighted by Crippen LogP contribution is 2.66. The molecule has 0 radical (unpaired) electrons. The smallest absolute Gasteiger partial charge is 0.302 e. The number of hydrogen-bond acceptors (Lipinski definition) is 5. The molecule has 0 aromatic rings. The quantitative estimate of drug-likeness (QED) is 0.515. The maximum absolute atomic E-state index is 12.0. The lowest BCUT2D eigenvalue weighted by molar-refractivity contribution is -0.162. The Morgan fingerprint density at radius 3 is 2.62 bits per heavy atom. The van der Waals surface area contributed by atoms with Crippen LogP contribution >= 0.6 is 0 Å². The van der Waals surface area contributed by atoms with Crippen LogP contribution in [0.15, 0.2) is 11.6 Å². The molecule has 0 aromatic carbocycles. The molecule has 0 bridgehead atoms. The lowest BCUT2D eigenvalue weighted by Gasteiger charge is -2.57. The fourth-order valence-corrected chi connectivity index (χ4v) is 7.47. The fraction of sp³-hybridized carbons (Fsp3) is 0.792. The summed E-state index contributed by atoms with van der Waals surface area (Å²) in [6, 6.07) is 0. The van der Waals surface area contributed by atoms with Crippen molar-refractivity contribution in [3.8, 4) is 0 Å². The highest BCUT2D eigenvalue weighted by atomic mass is 16.5. The summed E-state index contributed by atoms with van der Waals surface area (Å²) >= 11 is 0. The molecular weight excluding hydrogens is 368 g/mol. The highest BCUT2D eigenvalue weighted by molar-refractivity contribution is 5.82. The molecule has 3 fully saturated rings. The van der Waals surface area contributed by atoms with E-state index in [4.69, 9.17) is 9.47 Å². The molecule has 0 aromatic heterocycles. The van der Waals surface area contributed by atoms with E-state index in [2.05, 4.69) is 13.0 Å². The van der Waals surface area contributed by atoms with Gasteiger partial charge < -0.3 is 9.47 Å². The van der Waals surface area contributed by atoms with Crippen molar-refractivity contribution in [1.29, 1.82) is 0 Å². The highest BCUT2D eigenvalue weighted by Gasteiger charge is 2.61. The third kappa shape index (κ3) is 3.44. The summed E-state index contributed by atoms with van der Waals surface area (Å²) in [6.07, 6.45) is 10.5. The van der Waals surface area contributed by atoms with Crippen molar-refractivity contribution < 1.29 is 23.9 Å². The molecule has 4 rings (SSSR count). The number of esters is 2. The van der Waals surface area contributed by atoms with Gasteiger partial charge in [-0.1, -0.05) is 18.6 Å². The summed E-state index contributed by atoms with van der Waals surface area (Å²) in [4.78, 5) is 35.2. The van der Waals surface area contributed by atoms with Crippen LogP contribution in [0.25, 0.3) is 0 Å². The van der Waals surface area contributed by atoms with Crippen LogP contribution in [0.3, 0.4) is 0 Å². The molecule has 5 nitrogen and oxygen atoms in total. The van der Waals surface area contributed by atoms with Gasteiger partial charge in [-0.25, -0.2) is 0 Å². The lowest BCUT2D eigenvalue weighted by atomic mass is 9.47. The minimum atomic E-state index is -0.252. The first kappa shape index (κ1) is 20.6. The Morgan fingerprint density at radius 1 is 1.10 bits per heavy atom. The van der Waals surface area contributed by atoms with Crippen molar-refractivity contribution >= 4 is 17.7 Å². The van der Waals surface area contributed by atoms with Crippen LogP contribution in [0.5, 0.6) is 0 Å². The summed E-state index contributed by atoms with van der Waals surface area (Å²) in [5, 5.41) is 0. The molecule has 4 aliphatic carbocycles. The third-order valence-electron chi connectivity index (χ3n) is 8.75. The van der Waals surface area contributed by atoms with E-state index in [1.807, 2.05) is 0 Å². The van der Waals surface area contributed by atoms with Crippen molar-refractivity contribution in [1.82, 2.24) is 0 Å². The van der Waals surface area contributed by atoms with E-state index in [9.17, 15) is 14.4 Å². The van der Waals surface area contributed by atoms with Gasteiger partial charge >= 0.3 is 11.9 Å². The predicted molar refractivity (Wildman–Crippen MR) is 108 cm³/mol. The summed E-state index contributed by atoms with van der Waals surface area (Å²) in [5.74, 6) is 1.55. The first-order valence-electron chi connectivity index (χ1n) is 11.3. The molecule has 160 valence electrons. The van der Waals surface area contributed by atoms with E-state index >= 15 is 0 Å². The van der Waals surface area contributed by atoms with Crippen molar-refractivity contribution in [2.45, 2.75) is 84.7 Å². The molecular formula is C24H34O5. The predicted octanol–water partition coefficient (Wildman–Crippen LogP) is 4.38. The molecule has 0 amide bonds. The first-order chi connectivity index (χ1) is 13.8. The molecule has 29 heavy (non-hydrogen) atoms. The Balaban J connectivity index is 1.62. The van der Waals surface area contributed by atoms with Crippen LogP contribution in [-0.4, -0.2) is 30.4 Å². The summed E-state index contributed by atoms with van der Waals surface area (Å²) in [5.41, 5.74) is 1.42. The number of carbonyl (C=O) groups is 3. The van der Waals surface area contributed by atoms with E-state index in [0.717, 1.165) is 44.9 Å². The number of carbonyl (C=O) groups excluding carboxylic acids is 3. The zero-order valence-corrected chi connectivity index (χ0v) is 18.0. The van der Waals surface area contributed by atoms with Crippen molar-refractivity contribution in [2.24, 2.45) is 28.6 Å². The molecule has 0 saturated heterocycles. The lowest BCUT2D eigenvalue weighted by Crippen LogP contribution is -2.52. The standard InChI is InChI=1S/C24H34O5/c1-15(25)28-13-12-24-11-9-20-19(21(24)6-7-22(24)29-16(2)26)5-4-17-14-18(27)8-10-23(17,20)3/h4,19-22H,5-14H2,1-3H3/t19?,20?,21?,22-,23-,24+/m0/s1. The van der Waals surface area contributed by atoms with Crippen LogP contribution in [0.1, 0.15) is 78.6 Å². The van der Waals surface area contributed by atoms with Crippen molar-refractivity contribution in [3.05, 3.63) is 11.6 Å². The number of Topliss-reactive ketones (excluding diaryl/α,β-unsaturated/α-hetero) is 1. The van der Waals surface area contributed by atoms with E-state index < -0.39 is 0 Å². The normalized spacial score (nSPS) is 40.9. The van der Waals surface area contributed by atoms with E-state index in [1.54, 1.807) is 0 Å². The Morgan fingerprint density at radius 2 is 1.90 bits per heavy atom. The zero-order valence-electron chi connectivity index (χ0n) is 18.0. The summed E-state index contributed by atoms with van der Waals surface area (Å²) < 4.78 is 11.2. The van der Waals surface area contributed by atoms with Crippen LogP contribution in [-0.2, 0) is 23.9 Å². The summed E-state index contributed by atoms with van der Waals surface area (Å²) in [7, 11) is 0. The van der Waals surface area contributed by atoms with E-state index in [1.165, 1.54) is 19.4 Å². The van der Waals surface area contributed by atoms with Crippen LogP contribution in [0.4, 0.5) is 0 Å². The van der Waals surface area contributed by atoms with Gasteiger partial charge in [0.2, 0.25) is 0 Å². The number of rotatable bonds is 4. The number of allylic oxidation sites excluding steroid dienone is 2. The molecule has 5 heteroatoms. The molecule has 0 aliphatic heterocycles. The maximum atomic E-state index is 12.0. The molecule has 3 saturated carbocycles. The largest absolute Gasteiger partial charge is 0.466 e. The van der Waals surface area contributed by atoms with Gasteiger partial charge in [0.05, 0.1) is 6.61 Å². The molecule has 0 spiro atoms. The first-order valence-corrected chi connectivity index (χ1v) is 11.3.